The summed E-state index contributed by atoms with van der Waals surface area (Å²) in [6.07, 6.45) is 5.18. The van der Waals surface area contributed by atoms with Crippen molar-refractivity contribution in [1.82, 2.24) is 0 Å². The molecule has 0 bridgehead atoms. The molecule has 4 nitrogen and oxygen atoms in total. The number of carboxylic acids is 1. The largest absolute Gasteiger partial charge is 0.481 e. The standard InChI is InChI=1S/C14H19NO3S/c16-13-6-4-5-12-11(8-10-19-12)15(13)9-3-1-2-7-14(17)18/h8,10H,1-7,9H2,(H,17,18). The summed E-state index contributed by atoms with van der Waals surface area (Å²) in [4.78, 5) is 25.7. The molecule has 1 aliphatic heterocycles. The Morgan fingerprint density at radius 2 is 2.16 bits per heavy atom. The SMILES string of the molecule is O=C(O)CCCCCN1C(=O)CCCc2sccc21. The maximum atomic E-state index is 12.1. The third-order valence-electron chi connectivity index (χ3n) is 3.38. The Balaban J connectivity index is 1.88. The molecule has 0 saturated heterocycles. The predicted molar refractivity (Wildman–Crippen MR) is 75.7 cm³/mol. The van der Waals surface area contributed by atoms with Crippen molar-refractivity contribution in [3.8, 4) is 0 Å². The molecule has 1 aromatic heterocycles. The number of carboxylic acid groups (broad SMARTS) is 1. The van der Waals surface area contributed by atoms with Gasteiger partial charge in [0.25, 0.3) is 0 Å². The van der Waals surface area contributed by atoms with Crippen LogP contribution in [0.4, 0.5) is 5.69 Å². The lowest BCUT2D eigenvalue weighted by Gasteiger charge is -2.21. The van der Waals surface area contributed by atoms with E-state index in [1.807, 2.05) is 16.3 Å². The average molecular weight is 281 g/mol. The van der Waals surface area contributed by atoms with Crippen molar-refractivity contribution in [2.45, 2.75) is 44.9 Å². The van der Waals surface area contributed by atoms with E-state index >= 15 is 0 Å². The second-order valence-corrected chi connectivity index (χ2v) is 5.83. The highest BCUT2D eigenvalue weighted by molar-refractivity contribution is 7.10. The number of aryl methyl sites for hydroxylation is 1. The van der Waals surface area contributed by atoms with E-state index in [-0.39, 0.29) is 12.3 Å². The number of unbranched alkanes of at least 4 members (excludes halogenated alkanes) is 2. The first-order valence-electron chi connectivity index (χ1n) is 6.77. The summed E-state index contributed by atoms with van der Waals surface area (Å²) >= 11 is 1.72. The molecule has 0 aromatic carbocycles. The fraction of sp³-hybridized carbons (Fsp3) is 0.571. The van der Waals surface area contributed by atoms with Crippen LogP contribution in [0.5, 0.6) is 0 Å². The average Bonchev–Trinajstić information content (AvgIpc) is 2.76. The van der Waals surface area contributed by atoms with E-state index in [2.05, 4.69) is 0 Å². The van der Waals surface area contributed by atoms with Crippen LogP contribution in [0.15, 0.2) is 11.4 Å². The molecule has 5 heteroatoms. The summed E-state index contributed by atoms with van der Waals surface area (Å²) in [5.41, 5.74) is 1.07. The van der Waals surface area contributed by atoms with Gasteiger partial charge in [0, 0.05) is 24.3 Å². The van der Waals surface area contributed by atoms with E-state index < -0.39 is 5.97 Å². The molecule has 2 heterocycles. The van der Waals surface area contributed by atoms with E-state index in [0.29, 0.717) is 19.4 Å². The van der Waals surface area contributed by atoms with Crippen LogP contribution in [0, 0.1) is 0 Å². The van der Waals surface area contributed by atoms with E-state index in [0.717, 1.165) is 31.4 Å². The number of anilines is 1. The molecule has 0 aliphatic carbocycles. The normalized spacial score (nSPS) is 15.2. The highest BCUT2D eigenvalue weighted by Gasteiger charge is 2.22. The molecule has 1 N–H and O–H groups in total. The van der Waals surface area contributed by atoms with Crippen LogP contribution in [-0.4, -0.2) is 23.5 Å². The van der Waals surface area contributed by atoms with Gasteiger partial charge in [-0.25, -0.2) is 0 Å². The maximum absolute atomic E-state index is 12.1. The summed E-state index contributed by atoms with van der Waals surface area (Å²) < 4.78 is 0. The number of carbonyl (C=O) groups is 2. The summed E-state index contributed by atoms with van der Waals surface area (Å²) in [7, 11) is 0. The molecule has 0 atom stereocenters. The molecular formula is C14H19NO3S. The maximum Gasteiger partial charge on any atom is 0.303 e. The van der Waals surface area contributed by atoms with Crippen LogP contribution in [-0.2, 0) is 16.0 Å². The van der Waals surface area contributed by atoms with Gasteiger partial charge in [0.2, 0.25) is 5.91 Å². The van der Waals surface area contributed by atoms with Crippen LogP contribution >= 0.6 is 11.3 Å². The zero-order valence-electron chi connectivity index (χ0n) is 10.9. The van der Waals surface area contributed by atoms with Gasteiger partial charge in [-0.15, -0.1) is 11.3 Å². The first-order valence-corrected chi connectivity index (χ1v) is 7.65. The molecule has 1 aromatic rings. The van der Waals surface area contributed by atoms with Gasteiger partial charge >= 0.3 is 5.97 Å². The van der Waals surface area contributed by atoms with Gasteiger partial charge in [-0.2, -0.15) is 0 Å². The Kier molecular flexibility index (Phi) is 4.96. The summed E-state index contributed by atoms with van der Waals surface area (Å²) in [5, 5.41) is 10.6. The predicted octanol–water partition coefficient (Wildman–Crippen LogP) is 3.06. The quantitative estimate of drug-likeness (QED) is 0.815. The minimum absolute atomic E-state index is 0.204. The van der Waals surface area contributed by atoms with Gasteiger partial charge in [0.15, 0.2) is 0 Å². The van der Waals surface area contributed by atoms with Gasteiger partial charge in [-0.05, 0) is 37.1 Å². The lowest BCUT2D eigenvalue weighted by molar-refractivity contribution is -0.137. The van der Waals surface area contributed by atoms with Crippen LogP contribution in [0.3, 0.4) is 0 Å². The number of thiophene rings is 1. The number of rotatable bonds is 6. The Morgan fingerprint density at radius 1 is 1.32 bits per heavy atom. The Labute approximate surface area is 117 Å². The second-order valence-electron chi connectivity index (χ2n) is 4.83. The minimum Gasteiger partial charge on any atom is -0.481 e. The van der Waals surface area contributed by atoms with Crippen LogP contribution in [0.1, 0.15) is 43.4 Å². The second kappa shape index (κ2) is 6.70. The lowest BCUT2D eigenvalue weighted by Crippen LogP contribution is -2.30. The number of hydrogen-bond donors (Lipinski definition) is 1. The number of fused-ring (bicyclic) bond motifs is 1. The molecule has 1 aliphatic rings. The number of hydrogen-bond acceptors (Lipinski definition) is 3. The van der Waals surface area contributed by atoms with Crippen molar-refractivity contribution in [1.29, 1.82) is 0 Å². The van der Waals surface area contributed by atoms with E-state index in [1.165, 1.54) is 4.88 Å². The van der Waals surface area contributed by atoms with Crippen LogP contribution in [0.2, 0.25) is 0 Å². The molecule has 0 fully saturated rings. The van der Waals surface area contributed by atoms with Crippen LogP contribution < -0.4 is 4.90 Å². The van der Waals surface area contributed by atoms with E-state index in [1.54, 1.807) is 11.3 Å². The van der Waals surface area contributed by atoms with Crippen molar-refractivity contribution in [3.63, 3.8) is 0 Å². The molecule has 0 unspecified atom stereocenters. The van der Waals surface area contributed by atoms with Gasteiger partial charge in [-0.3, -0.25) is 9.59 Å². The first kappa shape index (κ1) is 14.1. The van der Waals surface area contributed by atoms with E-state index in [4.69, 9.17) is 5.11 Å². The van der Waals surface area contributed by atoms with E-state index in [9.17, 15) is 9.59 Å². The molecule has 2 rings (SSSR count). The summed E-state index contributed by atoms with van der Waals surface area (Å²) in [6.45, 7) is 0.711. The molecule has 19 heavy (non-hydrogen) atoms. The van der Waals surface area contributed by atoms with Crippen molar-refractivity contribution < 1.29 is 14.7 Å². The third kappa shape index (κ3) is 3.80. The first-order chi connectivity index (χ1) is 9.18. The van der Waals surface area contributed by atoms with Crippen molar-refractivity contribution in [3.05, 3.63) is 16.3 Å². The Morgan fingerprint density at radius 3 is 2.95 bits per heavy atom. The highest BCUT2D eigenvalue weighted by Crippen LogP contribution is 2.31. The molecule has 0 spiro atoms. The Bertz CT molecular complexity index is 455. The molecule has 104 valence electrons. The highest BCUT2D eigenvalue weighted by atomic mass is 32.1. The minimum atomic E-state index is -0.744. The number of carbonyl (C=O) groups excluding carboxylic acids is 1. The van der Waals surface area contributed by atoms with Gasteiger partial charge < -0.3 is 10.0 Å². The summed E-state index contributed by atoms with van der Waals surface area (Å²) in [6, 6.07) is 2.03. The fourth-order valence-corrected chi connectivity index (χ4v) is 3.32. The van der Waals surface area contributed by atoms with Gasteiger partial charge in [0.05, 0.1) is 5.69 Å². The smallest absolute Gasteiger partial charge is 0.303 e. The molecule has 0 saturated carbocycles. The monoisotopic (exact) mass is 281 g/mol. The number of amides is 1. The molecule has 1 amide bonds. The van der Waals surface area contributed by atoms with Crippen molar-refractivity contribution in [2.24, 2.45) is 0 Å². The zero-order valence-corrected chi connectivity index (χ0v) is 11.7. The Hall–Kier alpha value is -1.36. The van der Waals surface area contributed by atoms with Crippen molar-refractivity contribution in [2.75, 3.05) is 11.4 Å². The third-order valence-corrected chi connectivity index (χ3v) is 4.35. The van der Waals surface area contributed by atoms with Gasteiger partial charge in [-0.1, -0.05) is 6.42 Å². The van der Waals surface area contributed by atoms with Crippen LogP contribution in [0.25, 0.3) is 0 Å². The fourth-order valence-electron chi connectivity index (χ4n) is 2.40. The topological polar surface area (TPSA) is 57.6 Å². The summed E-state index contributed by atoms with van der Waals surface area (Å²) in [5.74, 6) is -0.540. The lowest BCUT2D eigenvalue weighted by atomic mass is 10.2. The number of aliphatic carboxylic acids is 1. The molecule has 0 radical (unpaired) electrons. The zero-order chi connectivity index (χ0) is 13.7. The number of nitrogens with zero attached hydrogens (tertiary/aromatic N) is 1. The molecular weight excluding hydrogens is 262 g/mol. The van der Waals surface area contributed by atoms with Crippen molar-refractivity contribution >= 4 is 28.9 Å². The van der Waals surface area contributed by atoms with Gasteiger partial charge in [0.1, 0.15) is 0 Å².